The van der Waals surface area contributed by atoms with Crippen molar-refractivity contribution in [2.24, 2.45) is 5.92 Å². The van der Waals surface area contributed by atoms with E-state index in [1.54, 1.807) is 18.3 Å². The number of benzene rings is 1. The van der Waals surface area contributed by atoms with Crippen molar-refractivity contribution < 1.29 is 9.53 Å². The van der Waals surface area contributed by atoms with Crippen LogP contribution in [0.3, 0.4) is 0 Å². The molecule has 0 bridgehead atoms. The number of hydrogen-bond acceptors (Lipinski definition) is 6. The van der Waals surface area contributed by atoms with Gasteiger partial charge in [0.05, 0.1) is 12.7 Å². The lowest BCUT2D eigenvalue weighted by Crippen LogP contribution is -2.14. The van der Waals surface area contributed by atoms with E-state index in [0.717, 1.165) is 12.0 Å². The highest BCUT2D eigenvalue weighted by atomic mass is 16.5. The second kappa shape index (κ2) is 7.70. The van der Waals surface area contributed by atoms with Gasteiger partial charge in [-0.15, -0.1) is 0 Å². The molecule has 2 rings (SSSR count). The van der Waals surface area contributed by atoms with Gasteiger partial charge in [0, 0.05) is 40.5 Å². The van der Waals surface area contributed by atoms with E-state index in [1.807, 2.05) is 19.9 Å². The molecule has 4 N–H and O–H groups in total. The van der Waals surface area contributed by atoms with Crippen molar-refractivity contribution in [1.82, 2.24) is 4.98 Å². The van der Waals surface area contributed by atoms with Gasteiger partial charge in [-0.05, 0) is 36.1 Å². The van der Waals surface area contributed by atoms with Gasteiger partial charge in [-0.1, -0.05) is 13.8 Å². The summed E-state index contributed by atoms with van der Waals surface area (Å²) in [6.45, 7) is 3.98. The predicted octanol–water partition coefficient (Wildman–Crippen LogP) is 3.56. The van der Waals surface area contributed by atoms with E-state index >= 15 is 0 Å². The molecular weight excluding hydrogens is 316 g/mol. The number of aromatic nitrogens is 1. The van der Waals surface area contributed by atoms with Crippen LogP contribution in [0.2, 0.25) is 0 Å². The van der Waals surface area contributed by atoms with Crippen molar-refractivity contribution in [3.05, 3.63) is 41.1 Å². The zero-order valence-electron chi connectivity index (χ0n) is 14.6. The summed E-state index contributed by atoms with van der Waals surface area (Å²) in [6.07, 6.45) is 4.28. The molecule has 130 valence electrons. The molecule has 0 saturated heterocycles. The van der Waals surface area contributed by atoms with Crippen LogP contribution in [0.25, 0.3) is 11.1 Å². The first kappa shape index (κ1) is 18.3. The first-order chi connectivity index (χ1) is 12.0. The van der Waals surface area contributed by atoms with Crippen LogP contribution < -0.4 is 10.5 Å². The minimum Gasteiger partial charge on any atom is -0.480 e. The van der Waals surface area contributed by atoms with Gasteiger partial charge in [-0.2, -0.15) is 0 Å². The zero-order valence-corrected chi connectivity index (χ0v) is 14.6. The van der Waals surface area contributed by atoms with E-state index in [9.17, 15) is 4.79 Å². The lowest BCUT2D eigenvalue weighted by Gasteiger charge is -2.17. The third kappa shape index (κ3) is 3.57. The second-order valence-electron chi connectivity index (χ2n) is 5.83. The molecule has 1 heterocycles. The Hall–Kier alpha value is -3.02. The van der Waals surface area contributed by atoms with Crippen molar-refractivity contribution in [3.63, 3.8) is 0 Å². The maximum atomic E-state index is 11.2. The number of pyridine rings is 1. The Labute approximate surface area is 147 Å². The van der Waals surface area contributed by atoms with Crippen molar-refractivity contribution in [2.45, 2.75) is 20.3 Å². The highest BCUT2D eigenvalue weighted by Crippen LogP contribution is 2.30. The summed E-state index contributed by atoms with van der Waals surface area (Å²) >= 11 is 0. The summed E-state index contributed by atoms with van der Waals surface area (Å²) < 4.78 is 5.06. The molecule has 1 aromatic carbocycles. The summed E-state index contributed by atoms with van der Waals surface area (Å²) in [5.74, 6) is 0.309. The summed E-state index contributed by atoms with van der Waals surface area (Å²) in [5, 5.41) is 16.1. The molecule has 25 heavy (non-hydrogen) atoms. The molecule has 0 radical (unpaired) electrons. The highest BCUT2D eigenvalue weighted by molar-refractivity contribution is 6.09. The molecule has 1 atom stereocenters. The van der Waals surface area contributed by atoms with Crippen LogP contribution in [0.4, 0.5) is 5.69 Å². The molecule has 0 saturated carbocycles. The second-order valence-corrected chi connectivity index (χ2v) is 5.83. The SMILES string of the molecule is CCC(C)C(=N)c1cc(-c2cnc(OC)c(C=O)c2)cc(N)c1C=N. The van der Waals surface area contributed by atoms with Crippen LogP contribution in [0, 0.1) is 16.7 Å². The average molecular weight is 338 g/mol. The van der Waals surface area contributed by atoms with Gasteiger partial charge < -0.3 is 21.3 Å². The molecule has 6 heteroatoms. The Morgan fingerprint density at radius 1 is 1.36 bits per heavy atom. The number of methoxy groups -OCH3 is 1. The normalized spacial score (nSPS) is 11.6. The first-order valence-electron chi connectivity index (χ1n) is 7.99. The van der Waals surface area contributed by atoms with Crippen molar-refractivity contribution in [3.8, 4) is 17.0 Å². The number of rotatable bonds is 7. The molecule has 6 nitrogen and oxygen atoms in total. The van der Waals surface area contributed by atoms with Crippen LogP contribution in [0.1, 0.15) is 41.8 Å². The van der Waals surface area contributed by atoms with Gasteiger partial charge in [0.25, 0.3) is 0 Å². The van der Waals surface area contributed by atoms with Crippen LogP contribution in [0.5, 0.6) is 5.88 Å². The molecule has 0 spiro atoms. The summed E-state index contributed by atoms with van der Waals surface area (Å²) in [5.41, 5.74) is 9.91. The van der Waals surface area contributed by atoms with Gasteiger partial charge in [0.1, 0.15) is 0 Å². The summed E-state index contributed by atoms with van der Waals surface area (Å²) in [4.78, 5) is 15.4. The monoisotopic (exact) mass is 338 g/mol. The zero-order chi connectivity index (χ0) is 18.6. The number of nitrogens with two attached hydrogens (primary N) is 1. The minimum atomic E-state index is 0.0490. The molecule has 0 aliphatic rings. The summed E-state index contributed by atoms with van der Waals surface area (Å²) in [6, 6.07) is 5.23. The number of nitrogen functional groups attached to an aromatic ring is 1. The molecule has 1 unspecified atom stereocenters. The maximum absolute atomic E-state index is 11.2. The van der Waals surface area contributed by atoms with E-state index in [0.29, 0.717) is 39.9 Å². The Bertz CT molecular complexity index is 830. The average Bonchev–Trinajstić information content (AvgIpc) is 2.65. The van der Waals surface area contributed by atoms with E-state index in [2.05, 4.69) is 4.98 Å². The van der Waals surface area contributed by atoms with Gasteiger partial charge in [-0.25, -0.2) is 4.98 Å². The van der Waals surface area contributed by atoms with Crippen LogP contribution in [-0.4, -0.2) is 30.3 Å². The fraction of sp³-hybridized carbons (Fsp3) is 0.263. The standard InChI is InChI=1S/C19H22N4O2/c1-4-11(2)18(22)15-6-12(7-17(21)16(15)8-20)13-5-14(10-24)19(25-3)23-9-13/h5-11,20,22H,4,21H2,1-3H3. The number of aldehydes is 1. The quantitative estimate of drug-likeness (QED) is 0.407. The number of ether oxygens (including phenoxy) is 1. The number of nitrogens with one attached hydrogen (secondary N) is 2. The topological polar surface area (TPSA) is 113 Å². The molecule has 1 aromatic heterocycles. The molecule has 0 aliphatic carbocycles. The van der Waals surface area contributed by atoms with Gasteiger partial charge in [0.2, 0.25) is 5.88 Å². The predicted molar refractivity (Wildman–Crippen MR) is 100 cm³/mol. The van der Waals surface area contributed by atoms with E-state index < -0.39 is 0 Å². The Morgan fingerprint density at radius 2 is 2.08 bits per heavy atom. The largest absolute Gasteiger partial charge is 0.480 e. The van der Waals surface area contributed by atoms with Crippen molar-refractivity contribution in [1.29, 1.82) is 10.8 Å². The van der Waals surface area contributed by atoms with Gasteiger partial charge >= 0.3 is 0 Å². The molecule has 0 amide bonds. The van der Waals surface area contributed by atoms with Crippen molar-refractivity contribution in [2.75, 3.05) is 12.8 Å². The fourth-order valence-corrected chi connectivity index (χ4v) is 2.58. The lowest BCUT2D eigenvalue weighted by molar-refractivity contribution is 0.112. The molecule has 0 fully saturated rings. The molecule has 2 aromatic rings. The fourth-order valence-electron chi connectivity index (χ4n) is 2.58. The third-order valence-electron chi connectivity index (χ3n) is 4.28. The number of hydrogen-bond donors (Lipinski definition) is 3. The number of carbonyl (C=O) groups excluding carboxylic acids is 1. The number of nitrogens with zero attached hydrogens (tertiary/aromatic N) is 1. The van der Waals surface area contributed by atoms with E-state index in [-0.39, 0.29) is 11.8 Å². The Morgan fingerprint density at radius 3 is 2.64 bits per heavy atom. The Kier molecular flexibility index (Phi) is 5.64. The maximum Gasteiger partial charge on any atom is 0.223 e. The first-order valence-corrected chi connectivity index (χ1v) is 7.99. The van der Waals surface area contributed by atoms with E-state index in [1.165, 1.54) is 13.3 Å². The minimum absolute atomic E-state index is 0.0490. The van der Waals surface area contributed by atoms with Crippen LogP contribution in [0.15, 0.2) is 24.4 Å². The van der Waals surface area contributed by atoms with E-state index in [4.69, 9.17) is 21.3 Å². The smallest absolute Gasteiger partial charge is 0.223 e. The van der Waals surface area contributed by atoms with Crippen molar-refractivity contribution >= 4 is 23.9 Å². The highest BCUT2D eigenvalue weighted by Gasteiger charge is 2.17. The third-order valence-corrected chi connectivity index (χ3v) is 4.28. The lowest BCUT2D eigenvalue weighted by atomic mass is 9.89. The van der Waals surface area contributed by atoms with Crippen LogP contribution in [-0.2, 0) is 0 Å². The number of anilines is 1. The summed E-state index contributed by atoms with van der Waals surface area (Å²) in [7, 11) is 1.46. The van der Waals surface area contributed by atoms with Crippen LogP contribution >= 0.6 is 0 Å². The number of carbonyl (C=O) groups is 1. The molecular formula is C19H22N4O2. The Balaban J connectivity index is 2.64. The van der Waals surface area contributed by atoms with Gasteiger partial charge in [0.15, 0.2) is 6.29 Å². The van der Waals surface area contributed by atoms with Gasteiger partial charge in [-0.3, -0.25) is 4.79 Å². The molecule has 0 aliphatic heterocycles.